The lowest BCUT2D eigenvalue weighted by molar-refractivity contribution is -0.125. The van der Waals surface area contributed by atoms with Crippen molar-refractivity contribution in [1.29, 1.82) is 0 Å². The van der Waals surface area contributed by atoms with Crippen molar-refractivity contribution in [2.24, 2.45) is 0 Å². The Morgan fingerprint density at radius 1 is 0.722 bits per heavy atom. The highest BCUT2D eigenvalue weighted by atomic mass is 16.5. The zero-order chi connectivity index (χ0) is 25.2. The van der Waals surface area contributed by atoms with Crippen LogP contribution in [-0.2, 0) is 33.8 Å². The average Bonchev–Trinajstić information content (AvgIpc) is 2.92. The third kappa shape index (κ3) is 6.79. The molecule has 0 saturated heterocycles. The van der Waals surface area contributed by atoms with Crippen LogP contribution in [0.4, 0.5) is 4.79 Å². The number of fused-ring (bicyclic) bond motifs is 1. The van der Waals surface area contributed by atoms with Gasteiger partial charge in [-0.3, -0.25) is 4.79 Å². The van der Waals surface area contributed by atoms with Gasteiger partial charge in [0.2, 0.25) is 5.91 Å². The number of alkyl carbamates (subject to hydrolysis) is 1. The monoisotopic (exact) mass is 480 g/mol. The molecular formula is C30H28N2O4. The summed E-state index contributed by atoms with van der Waals surface area (Å²) >= 11 is 0. The number of carbonyl (C=O) groups is 3. The van der Waals surface area contributed by atoms with Crippen LogP contribution in [-0.4, -0.2) is 30.4 Å². The highest BCUT2D eigenvalue weighted by Gasteiger charge is 2.25. The van der Waals surface area contributed by atoms with Crippen LogP contribution in [0.1, 0.15) is 16.7 Å². The molecule has 0 radical (unpaired) electrons. The maximum Gasteiger partial charge on any atom is 0.408 e. The highest BCUT2D eigenvalue weighted by molar-refractivity contribution is 5.90. The predicted molar refractivity (Wildman–Crippen MR) is 139 cm³/mol. The number of aldehydes is 1. The smallest absolute Gasteiger partial charge is 0.408 e. The van der Waals surface area contributed by atoms with Crippen molar-refractivity contribution >= 4 is 29.1 Å². The van der Waals surface area contributed by atoms with E-state index in [0.29, 0.717) is 12.7 Å². The molecule has 0 aromatic heterocycles. The molecule has 36 heavy (non-hydrogen) atoms. The first-order chi connectivity index (χ1) is 17.6. The Bertz CT molecular complexity index is 1300. The third-order valence-electron chi connectivity index (χ3n) is 5.92. The molecule has 0 fully saturated rings. The molecule has 4 aromatic rings. The number of benzene rings is 4. The molecule has 0 unspecified atom stereocenters. The van der Waals surface area contributed by atoms with E-state index in [1.807, 2.05) is 103 Å². The largest absolute Gasteiger partial charge is 0.445 e. The van der Waals surface area contributed by atoms with Gasteiger partial charge < -0.3 is 20.2 Å². The van der Waals surface area contributed by atoms with E-state index in [1.165, 1.54) is 0 Å². The summed E-state index contributed by atoms with van der Waals surface area (Å²) in [5, 5.41) is 7.52. The van der Waals surface area contributed by atoms with Gasteiger partial charge in [-0.15, -0.1) is 0 Å². The molecule has 2 amide bonds. The molecule has 0 bridgehead atoms. The normalized spacial score (nSPS) is 12.3. The highest BCUT2D eigenvalue weighted by Crippen LogP contribution is 2.20. The van der Waals surface area contributed by atoms with E-state index in [0.717, 1.165) is 27.5 Å². The number of rotatable bonds is 10. The zero-order valence-electron chi connectivity index (χ0n) is 19.8. The van der Waals surface area contributed by atoms with Crippen molar-refractivity contribution in [1.82, 2.24) is 10.6 Å². The van der Waals surface area contributed by atoms with Crippen LogP contribution < -0.4 is 10.6 Å². The van der Waals surface area contributed by atoms with Crippen molar-refractivity contribution in [2.45, 2.75) is 31.5 Å². The molecule has 6 nitrogen and oxygen atoms in total. The Hall–Kier alpha value is -4.45. The predicted octanol–water partition coefficient (Wildman–Crippen LogP) is 4.60. The second kappa shape index (κ2) is 12.3. The first-order valence-electron chi connectivity index (χ1n) is 11.9. The zero-order valence-corrected chi connectivity index (χ0v) is 19.8. The van der Waals surface area contributed by atoms with Crippen LogP contribution in [0.5, 0.6) is 0 Å². The van der Waals surface area contributed by atoms with Crippen molar-refractivity contribution < 1.29 is 19.1 Å². The van der Waals surface area contributed by atoms with Crippen LogP contribution in [0.25, 0.3) is 10.8 Å². The van der Waals surface area contributed by atoms with E-state index in [4.69, 9.17) is 4.74 Å². The summed E-state index contributed by atoms with van der Waals surface area (Å²) in [6.07, 6.45) is 0.609. The molecule has 2 atom stereocenters. The molecule has 0 aliphatic heterocycles. The van der Waals surface area contributed by atoms with Gasteiger partial charge in [0.25, 0.3) is 0 Å². The molecule has 4 rings (SSSR count). The summed E-state index contributed by atoms with van der Waals surface area (Å²) < 4.78 is 5.36. The Balaban J connectivity index is 1.50. The maximum absolute atomic E-state index is 13.3. The van der Waals surface area contributed by atoms with Crippen LogP contribution in [0.15, 0.2) is 103 Å². The van der Waals surface area contributed by atoms with Gasteiger partial charge in [-0.05, 0) is 33.9 Å². The van der Waals surface area contributed by atoms with Crippen LogP contribution in [0, 0.1) is 0 Å². The SMILES string of the molecule is O=C[C@H](Cc1ccccc1)NC(=O)[C@H](Cc1cccc2ccccc12)NC(=O)OCc1ccccc1. The third-order valence-corrected chi connectivity index (χ3v) is 5.92. The molecule has 4 aromatic carbocycles. The van der Waals surface area contributed by atoms with Gasteiger partial charge in [0.05, 0.1) is 6.04 Å². The minimum atomic E-state index is -0.933. The van der Waals surface area contributed by atoms with Crippen molar-refractivity contribution in [3.8, 4) is 0 Å². The van der Waals surface area contributed by atoms with Gasteiger partial charge in [0, 0.05) is 6.42 Å². The van der Waals surface area contributed by atoms with E-state index < -0.39 is 24.1 Å². The topological polar surface area (TPSA) is 84.5 Å². The summed E-state index contributed by atoms with van der Waals surface area (Å²) in [6, 6.07) is 30.8. The fourth-order valence-corrected chi connectivity index (χ4v) is 4.09. The molecular weight excluding hydrogens is 452 g/mol. The van der Waals surface area contributed by atoms with E-state index >= 15 is 0 Å². The quantitative estimate of drug-likeness (QED) is 0.325. The maximum atomic E-state index is 13.3. The second-order valence-electron chi connectivity index (χ2n) is 8.54. The first kappa shape index (κ1) is 24.7. The van der Waals surface area contributed by atoms with Gasteiger partial charge in [-0.1, -0.05) is 103 Å². The first-order valence-corrected chi connectivity index (χ1v) is 11.9. The lowest BCUT2D eigenvalue weighted by atomic mass is 9.98. The van der Waals surface area contributed by atoms with Crippen LogP contribution >= 0.6 is 0 Å². The fourth-order valence-electron chi connectivity index (χ4n) is 4.09. The van der Waals surface area contributed by atoms with Gasteiger partial charge in [-0.25, -0.2) is 4.79 Å². The van der Waals surface area contributed by atoms with E-state index in [1.54, 1.807) is 0 Å². The number of hydrogen-bond acceptors (Lipinski definition) is 4. The number of amides is 2. The number of carbonyl (C=O) groups excluding carboxylic acids is 3. The van der Waals surface area contributed by atoms with E-state index in [2.05, 4.69) is 10.6 Å². The molecule has 0 aliphatic carbocycles. The Labute approximate surface area is 210 Å². The molecule has 182 valence electrons. The molecule has 2 N–H and O–H groups in total. The van der Waals surface area contributed by atoms with Crippen LogP contribution in [0.2, 0.25) is 0 Å². The van der Waals surface area contributed by atoms with Crippen molar-refractivity contribution in [3.05, 3.63) is 120 Å². The lowest BCUT2D eigenvalue weighted by Gasteiger charge is -2.21. The standard InChI is InChI=1S/C30H28N2O4/c33-20-26(18-22-10-3-1-4-11-22)31-29(34)28(32-30(35)36-21-23-12-5-2-6-13-23)19-25-16-9-15-24-14-7-8-17-27(24)25/h1-17,20,26,28H,18-19,21H2,(H,31,34)(H,32,35)/t26-,28-/m0/s1. The molecule has 6 heteroatoms. The van der Waals surface area contributed by atoms with Gasteiger partial charge in [0.15, 0.2) is 0 Å². The number of nitrogens with one attached hydrogen (secondary N) is 2. The number of ether oxygens (including phenoxy) is 1. The van der Waals surface area contributed by atoms with Crippen molar-refractivity contribution in [3.63, 3.8) is 0 Å². The molecule has 0 aliphatic rings. The summed E-state index contributed by atoms with van der Waals surface area (Å²) in [5.74, 6) is -0.451. The minimum absolute atomic E-state index is 0.0836. The Morgan fingerprint density at radius 2 is 1.36 bits per heavy atom. The molecule has 0 heterocycles. The lowest BCUT2D eigenvalue weighted by Crippen LogP contribution is -2.51. The van der Waals surface area contributed by atoms with E-state index in [9.17, 15) is 14.4 Å². The van der Waals surface area contributed by atoms with Crippen molar-refractivity contribution in [2.75, 3.05) is 0 Å². The van der Waals surface area contributed by atoms with Gasteiger partial charge in [-0.2, -0.15) is 0 Å². The minimum Gasteiger partial charge on any atom is -0.445 e. The Morgan fingerprint density at radius 3 is 2.08 bits per heavy atom. The summed E-state index contributed by atoms with van der Waals surface area (Å²) in [4.78, 5) is 37.7. The fraction of sp³-hybridized carbons (Fsp3) is 0.167. The van der Waals surface area contributed by atoms with E-state index in [-0.39, 0.29) is 13.0 Å². The number of hydrogen-bond donors (Lipinski definition) is 2. The van der Waals surface area contributed by atoms with Gasteiger partial charge in [0.1, 0.15) is 18.9 Å². The summed E-state index contributed by atoms with van der Waals surface area (Å²) in [6.45, 7) is 0.0836. The molecule has 0 spiro atoms. The summed E-state index contributed by atoms with van der Waals surface area (Å²) in [5.41, 5.74) is 2.67. The second-order valence-corrected chi connectivity index (χ2v) is 8.54. The van der Waals surface area contributed by atoms with Crippen LogP contribution in [0.3, 0.4) is 0 Å². The molecule has 0 saturated carbocycles. The summed E-state index contributed by atoms with van der Waals surface area (Å²) in [7, 11) is 0. The van der Waals surface area contributed by atoms with Gasteiger partial charge >= 0.3 is 6.09 Å². The average molecular weight is 481 g/mol. The Kier molecular flexibility index (Phi) is 8.44.